The number of pyridine rings is 2. The van der Waals surface area contributed by atoms with Crippen LogP contribution in [0, 0.1) is 5.92 Å². The highest BCUT2D eigenvalue weighted by molar-refractivity contribution is 5.97. The summed E-state index contributed by atoms with van der Waals surface area (Å²) in [5, 5.41) is 9.84. The molecule has 4 rings (SSSR count). The molecule has 2 aromatic heterocycles. The summed E-state index contributed by atoms with van der Waals surface area (Å²) in [4.78, 5) is 26.3. The molecular formula is C26H34N4O3. The fourth-order valence-electron chi connectivity index (χ4n) is 4.60. The zero-order valence-electron chi connectivity index (χ0n) is 19.8. The molecule has 0 aromatic carbocycles. The number of aliphatic hydroxyl groups is 1. The Morgan fingerprint density at radius 3 is 2.91 bits per heavy atom. The minimum Gasteiger partial charge on any atom is -0.472 e. The summed E-state index contributed by atoms with van der Waals surface area (Å²) >= 11 is 0. The fourth-order valence-corrected chi connectivity index (χ4v) is 4.60. The van der Waals surface area contributed by atoms with E-state index in [-0.39, 0.29) is 30.6 Å². The predicted molar refractivity (Wildman–Crippen MR) is 128 cm³/mol. The molecule has 3 heterocycles. The zero-order valence-corrected chi connectivity index (χ0v) is 19.8. The van der Waals surface area contributed by atoms with Gasteiger partial charge in [0.2, 0.25) is 5.88 Å². The van der Waals surface area contributed by atoms with Crippen LogP contribution in [-0.2, 0) is 6.54 Å². The number of allylic oxidation sites excluding steroid dienone is 2. The first-order valence-electron chi connectivity index (χ1n) is 11.8. The Morgan fingerprint density at radius 1 is 1.36 bits per heavy atom. The Balaban J connectivity index is 1.62. The second kappa shape index (κ2) is 10.4. The van der Waals surface area contributed by atoms with Gasteiger partial charge in [-0.15, -0.1) is 0 Å². The second-order valence-corrected chi connectivity index (χ2v) is 9.38. The number of carbonyl (C=O) groups is 1. The maximum atomic E-state index is 13.5. The molecule has 2 aliphatic rings. The number of hydrogen-bond acceptors (Lipinski definition) is 6. The predicted octanol–water partition coefficient (Wildman–Crippen LogP) is 3.40. The first-order valence-corrected chi connectivity index (χ1v) is 11.8. The molecule has 7 heteroatoms. The van der Waals surface area contributed by atoms with E-state index >= 15 is 0 Å². The molecule has 0 fully saturated rings. The number of carbonyl (C=O) groups excluding carboxylic acids is 1. The van der Waals surface area contributed by atoms with Crippen LogP contribution in [-0.4, -0.2) is 69.7 Å². The lowest BCUT2D eigenvalue weighted by atomic mass is 9.99. The van der Waals surface area contributed by atoms with Crippen LogP contribution < -0.4 is 4.74 Å². The van der Waals surface area contributed by atoms with E-state index in [4.69, 9.17) is 4.74 Å². The monoisotopic (exact) mass is 450 g/mol. The third-order valence-electron chi connectivity index (χ3n) is 6.60. The summed E-state index contributed by atoms with van der Waals surface area (Å²) < 4.78 is 6.41. The van der Waals surface area contributed by atoms with Crippen LogP contribution >= 0.6 is 0 Å². The molecule has 0 unspecified atom stereocenters. The van der Waals surface area contributed by atoms with Gasteiger partial charge in [-0.2, -0.15) is 0 Å². The Hall–Kier alpha value is -2.77. The van der Waals surface area contributed by atoms with Gasteiger partial charge in [-0.1, -0.05) is 19.1 Å². The molecule has 7 nitrogen and oxygen atoms in total. The summed E-state index contributed by atoms with van der Waals surface area (Å²) in [6, 6.07) is 5.64. The summed E-state index contributed by atoms with van der Waals surface area (Å²) in [5.41, 5.74) is 3.84. The van der Waals surface area contributed by atoms with Gasteiger partial charge in [-0.3, -0.25) is 14.7 Å². The van der Waals surface area contributed by atoms with Gasteiger partial charge in [0, 0.05) is 44.1 Å². The van der Waals surface area contributed by atoms with Crippen molar-refractivity contribution in [3.05, 3.63) is 59.6 Å². The van der Waals surface area contributed by atoms with Crippen molar-refractivity contribution in [3.8, 4) is 5.88 Å². The van der Waals surface area contributed by atoms with Gasteiger partial charge in [0.05, 0.1) is 12.6 Å². The zero-order chi connectivity index (χ0) is 23.4. The maximum absolute atomic E-state index is 13.5. The molecule has 1 amide bonds. The number of hydrogen-bond donors (Lipinski definition) is 1. The molecule has 1 aliphatic heterocycles. The van der Waals surface area contributed by atoms with Crippen molar-refractivity contribution < 1.29 is 14.6 Å². The molecule has 0 spiro atoms. The molecular weight excluding hydrogens is 416 g/mol. The summed E-state index contributed by atoms with van der Waals surface area (Å²) in [6.07, 6.45) is 10.7. The van der Waals surface area contributed by atoms with E-state index < -0.39 is 0 Å². The summed E-state index contributed by atoms with van der Waals surface area (Å²) in [5.74, 6) is 0.309. The number of likely N-dealkylation sites (N-methyl/N-ethyl adjacent to an activating group) is 1. The van der Waals surface area contributed by atoms with Gasteiger partial charge < -0.3 is 14.7 Å². The molecule has 33 heavy (non-hydrogen) atoms. The summed E-state index contributed by atoms with van der Waals surface area (Å²) in [6.45, 7) is 5.84. The van der Waals surface area contributed by atoms with Gasteiger partial charge in [0.15, 0.2) is 0 Å². The number of ether oxygens (including phenoxy) is 1. The maximum Gasteiger partial charge on any atom is 0.259 e. The van der Waals surface area contributed by atoms with Crippen LogP contribution in [0.2, 0.25) is 0 Å². The Kier molecular flexibility index (Phi) is 7.40. The number of nitrogens with zero attached hydrogens (tertiary/aromatic N) is 4. The van der Waals surface area contributed by atoms with Crippen LogP contribution in [0.5, 0.6) is 5.88 Å². The van der Waals surface area contributed by atoms with Crippen LogP contribution in [0.15, 0.2) is 42.9 Å². The lowest BCUT2D eigenvalue weighted by molar-refractivity contribution is 0.0325. The molecule has 2 aromatic rings. The Bertz CT molecular complexity index is 994. The van der Waals surface area contributed by atoms with E-state index in [2.05, 4.69) is 41.0 Å². The quantitative estimate of drug-likeness (QED) is 0.697. The second-order valence-electron chi connectivity index (χ2n) is 9.38. The van der Waals surface area contributed by atoms with E-state index in [1.807, 2.05) is 31.5 Å². The lowest BCUT2D eigenvalue weighted by Crippen LogP contribution is -2.49. The van der Waals surface area contributed by atoms with Crippen molar-refractivity contribution in [3.63, 3.8) is 0 Å². The van der Waals surface area contributed by atoms with E-state index in [0.717, 1.165) is 36.9 Å². The van der Waals surface area contributed by atoms with Crippen LogP contribution in [0.4, 0.5) is 0 Å². The Morgan fingerprint density at radius 2 is 2.21 bits per heavy atom. The largest absolute Gasteiger partial charge is 0.472 e. The smallest absolute Gasteiger partial charge is 0.259 e. The first-order chi connectivity index (χ1) is 16.0. The first kappa shape index (κ1) is 23.4. The number of amides is 1. The van der Waals surface area contributed by atoms with Crippen molar-refractivity contribution in [2.45, 2.75) is 51.8 Å². The van der Waals surface area contributed by atoms with Crippen LogP contribution in [0.25, 0.3) is 5.57 Å². The molecule has 1 N–H and O–H groups in total. The normalized spacial score (nSPS) is 21.8. The van der Waals surface area contributed by atoms with Crippen molar-refractivity contribution in [2.24, 2.45) is 5.92 Å². The van der Waals surface area contributed by atoms with E-state index in [9.17, 15) is 9.90 Å². The van der Waals surface area contributed by atoms with Crippen molar-refractivity contribution in [2.75, 3.05) is 26.7 Å². The Labute approximate surface area is 196 Å². The van der Waals surface area contributed by atoms with Gasteiger partial charge >= 0.3 is 0 Å². The molecule has 0 bridgehead atoms. The van der Waals surface area contributed by atoms with E-state index in [1.54, 1.807) is 11.1 Å². The standard InChI is InChI=1S/C26H34N4O3/c1-18-14-30(19(2)17-31)26(32)23-11-22(21-8-4-5-9-21)13-28-25(23)33-24(18)16-29(3)15-20-7-6-10-27-12-20/h6-8,10-13,18-19,24,31H,4-5,9,14-17H2,1-3H3/t18-,19+,24+/m0/s1. The fraction of sp³-hybridized carbons (Fsp3) is 0.500. The highest BCUT2D eigenvalue weighted by atomic mass is 16.5. The van der Waals surface area contributed by atoms with Crippen molar-refractivity contribution >= 4 is 11.5 Å². The molecule has 1 aliphatic carbocycles. The summed E-state index contributed by atoms with van der Waals surface area (Å²) in [7, 11) is 2.06. The minimum atomic E-state index is -0.283. The SMILES string of the molecule is C[C@H](CO)N1C[C@H](C)[C@@H](CN(C)Cc2cccnc2)Oc2ncc(C3=CCCC3)cc2C1=O. The van der Waals surface area contributed by atoms with Gasteiger partial charge in [0.25, 0.3) is 5.91 Å². The molecule has 3 atom stereocenters. The van der Waals surface area contributed by atoms with Crippen molar-refractivity contribution in [1.82, 2.24) is 19.8 Å². The molecule has 176 valence electrons. The lowest BCUT2D eigenvalue weighted by Gasteiger charge is -2.37. The number of aliphatic hydroxyl groups excluding tert-OH is 1. The topological polar surface area (TPSA) is 78.8 Å². The molecule has 0 saturated carbocycles. The highest BCUT2D eigenvalue weighted by Crippen LogP contribution is 2.32. The number of fused-ring (bicyclic) bond motifs is 1. The third-order valence-corrected chi connectivity index (χ3v) is 6.60. The van der Waals surface area contributed by atoms with Crippen LogP contribution in [0.1, 0.15) is 54.6 Å². The van der Waals surface area contributed by atoms with Crippen LogP contribution in [0.3, 0.4) is 0 Å². The van der Waals surface area contributed by atoms with Gasteiger partial charge in [0.1, 0.15) is 11.7 Å². The third kappa shape index (κ3) is 5.42. The highest BCUT2D eigenvalue weighted by Gasteiger charge is 2.34. The average Bonchev–Trinajstić information content (AvgIpc) is 3.36. The van der Waals surface area contributed by atoms with Gasteiger partial charge in [-0.05, 0) is 62.1 Å². The molecule has 0 saturated heterocycles. The number of rotatable bonds is 7. The van der Waals surface area contributed by atoms with Crippen molar-refractivity contribution in [1.29, 1.82) is 0 Å². The number of aromatic nitrogens is 2. The average molecular weight is 451 g/mol. The molecule has 0 radical (unpaired) electrons. The minimum absolute atomic E-state index is 0.0615. The van der Waals surface area contributed by atoms with E-state index in [1.165, 1.54) is 5.57 Å². The van der Waals surface area contributed by atoms with Gasteiger partial charge in [-0.25, -0.2) is 4.98 Å². The van der Waals surface area contributed by atoms with E-state index in [0.29, 0.717) is 24.5 Å².